The van der Waals surface area contributed by atoms with E-state index in [4.69, 9.17) is 9.47 Å². The third kappa shape index (κ3) is 5.41. The zero-order valence-corrected chi connectivity index (χ0v) is 14.4. The summed E-state index contributed by atoms with van der Waals surface area (Å²) >= 11 is 1.65. The van der Waals surface area contributed by atoms with Gasteiger partial charge in [0.2, 0.25) is 0 Å². The molecule has 0 saturated heterocycles. The number of aliphatic hydroxyl groups is 1. The van der Waals surface area contributed by atoms with Gasteiger partial charge < -0.3 is 19.9 Å². The van der Waals surface area contributed by atoms with Crippen molar-refractivity contribution in [3.05, 3.63) is 23.8 Å². The van der Waals surface area contributed by atoms with Crippen molar-refractivity contribution in [2.75, 3.05) is 32.8 Å². The van der Waals surface area contributed by atoms with Gasteiger partial charge in [0.05, 0.1) is 19.8 Å². The zero-order valence-electron chi connectivity index (χ0n) is 13.6. The minimum absolute atomic E-state index is 0.179. The van der Waals surface area contributed by atoms with Crippen molar-refractivity contribution in [3.63, 3.8) is 0 Å². The van der Waals surface area contributed by atoms with Gasteiger partial charge in [-0.2, -0.15) is 11.8 Å². The van der Waals surface area contributed by atoms with E-state index < -0.39 is 5.60 Å². The number of rotatable bonds is 9. The summed E-state index contributed by atoms with van der Waals surface area (Å²) in [7, 11) is 3.27. The van der Waals surface area contributed by atoms with E-state index in [1.807, 2.05) is 31.4 Å². The summed E-state index contributed by atoms with van der Waals surface area (Å²) in [4.78, 5) is 0. The minimum Gasteiger partial charge on any atom is -0.493 e. The normalized spacial score (nSPS) is 15.3. The summed E-state index contributed by atoms with van der Waals surface area (Å²) in [5.41, 5.74) is 0.429. The molecule has 120 valence electrons. The lowest BCUT2D eigenvalue weighted by molar-refractivity contribution is 0.0812. The lowest BCUT2D eigenvalue weighted by Crippen LogP contribution is -2.41. The Hall–Kier alpha value is -0.910. The predicted molar refractivity (Wildman–Crippen MR) is 89.6 cm³/mol. The average Bonchev–Trinajstić information content (AvgIpc) is 2.47. The van der Waals surface area contributed by atoms with Gasteiger partial charge in [-0.25, -0.2) is 0 Å². The van der Waals surface area contributed by atoms with Crippen LogP contribution in [0.15, 0.2) is 18.2 Å². The van der Waals surface area contributed by atoms with Crippen LogP contribution in [0, 0.1) is 0 Å². The molecule has 4 nitrogen and oxygen atoms in total. The van der Waals surface area contributed by atoms with Crippen LogP contribution < -0.4 is 14.8 Å². The Morgan fingerprint density at radius 1 is 1.29 bits per heavy atom. The molecule has 5 heteroatoms. The second kappa shape index (κ2) is 8.51. The molecular formula is C16H27NO3S. The summed E-state index contributed by atoms with van der Waals surface area (Å²) in [5, 5.41) is 13.7. The van der Waals surface area contributed by atoms with E-state index in [2.05, 4.69) is 12.2 Å². The van der Waals surface area contributed by atoms with Crippen LogP contribution in [-0.4, -0.2) is 43.5 Å². The second-order valence-electron chi connectivity index (χ2n) is 5.39. The molecular weight excluding hydrogens is 286 g/mol. The topological polar surface area (TPSA) is 50.7 Å². The Kier molecular flexibility index (Phi) is 7.35. The molecule has 0 aliphatic rings. The number of thioether (sulfide) groups is 1. The van der Waals surface area contributed by atoms with Gasteiger partial charge in [-0.1, -0.05) is 13.0 Å². The van der Waals surface area contributed by atoms with Crippen LogP contribution in [0.4, 0.5) is 0 Å². The molecule has 0 radical (unpaired) electrons. The van der Waals surface area contributed by atoms with Gasteiger partial charge in [0.15, 0.2) is 11.5 Å². The molecule has 0 aliphatic heterocycles. The van der Waals surface area contributed by atoms with Gasteiger partial charge in [-0.3, -0.25) is 0 Å². The maximum absolute atomic E-state index is 10.3. The van der Waals surface area contributed by atoms with Crippen molar-refractivity contribution in [3.8, 4) is 11.5 Å². The lowest BCUT2D eigenvalue weighted by Gasteiger charge is -2.27. The highest BCUT2D eigenvalue weighted by Gasteiger charge is 2.21. The highest BCUT2D eigenvalue weighted by molar-refractivity contribution is 7.98. The maximum atomic E-state index is 10.3. The Labute approximate surface area is 132 Å². The molecule has 0 bridgehead atoms. The SMILES string of the molecule is CCC(NCC(C)(O)CSC)c1ccc(OC)c(OC)c1. The van der Waals surface area contributed by atoms with E-state index >= 15 is 0 Å². The number of nitrogens with one attached hydrogen (secondary N) is 1. The van der Waals surface area contributed by atoms with Crippen LogP contribution in [0.2, 0.25) is 0 Å². The first kappa shape index (κ1) is 18.1. The van der Waals surface area contributed by atoms with Crippen molar-refractivity contribution in [2.45, 2.75) is 31.9 Å². The largest absolute Gasteiger partial charge is 0.493 e. The van der Waals surface area contributed by atoms with E-state index in [1.165, 1.54) is 0 Å². The molecule has 21 heavy (non-hydrogen) atoms. The van der Waals surface area contributed by atoms with Crippen molar-refractivity contribution in [1.82, 2.24) is 5.32 Å². The molecule has 0 spiro atoms. The Morgan fingerprint density at radius 2 is 1.95 bits per heavy atom. The third-order valence-electron chi connectivity index (χ3n) is 3.40. The summed E-state index contributed by atoms with van der Waals surface area (Å²) in [6.07, 6.45) is 2.94. The van der Waals surface area contributed by atoms with Crippen LogP contribution in [-0.2, 0) is 0 Å². The molecule has 0 aliphatic carbocycles. The third-order valence-corrected chi connectivity index (χ3v) is 4.31. The minimum atomic E-state index is -0.705. The van der Waals surface area contributed by atoms with Crippen molar-refractivity contribution >= 4 is 11.8 Å². The Bertz CT molecular complexity index is 438. The van der Waals surface area contributed by atoms with Crippen LogP contribution in [0.25, 0.3) is 0 Å². The molecule has 0 heterocycles. The first-order valence-corrected chi connectivity index (χ1v) is 8.53. The quantitative estimate of drug-likeness (QED) is 0.734. The first-order valence-electron chi connectivity index (χ1n) is 7.14. The lowest BCUT2D eigenvalue weighted by atomic mass is 10.0. The van der Waals surface area contributed by atoms with Gasteiger partial charge in [0.25, 0.3) is 0 Å². The Balaban J connectivity index is 2.80. The van der Waals surface area contributed by atoms with E-state index in [9.17, 15) is 5.11 Å². The highest BCUT2D eigenvalue weighted by atomic mass is 32.2. The second-order valence-corrected chi connectivity index (χ2v) is 6.25. The van der Waals surface area contributed by atoms with Gasteiger partial charge in [0, 0.05) is 18.3 Å². The number of hydrogen-bond donors (Lipinski definition) is 2. The molecule has 1 aromatic carbocycles. The number of benzene rings is 1. The fourth-order valence-corrected chi connectivity index (χ4v) is 3.00. The van der Waals surface area contributed by atoms with E-state index in [-0.39, 0.29) is 6.04 Å². The number of ether oxygens (including phenoxy) is 2. The van der Waals surface area contributed by atoms with Gasteiger partial charge in [-0.15, -0.1) is 0 Å². The molecule has 0 saturated carbocycles. The smallest absolute Gasteiger partial charge is 0.161 e. The highest BCUT2D eigenvalue weighted by Crippen LogP contribution is 2.31. The molecule has 0 amide bonds. The molecule has 1 aromatic rings. The van der Waals surface area contributed by atoms with Gasteiger partial charge in [-0.05, 0) is 37.3 Å². The van der Waals surface area contributed by atoms with Crippen molar-refractivity contribution in [1.29, 1.82) is 0 Å². The fourth-order valence-electron chi connectivity index (χ4n) is 2.27. The molecule has 2 atom stereocenters. The van der Waals surface area contributed by atoms with Crippen LogP contribution in [0.3, 0.4) is 0 Å². The van der Waals surface area contributed by atoms with Crippen molar-refractivity contribution in [2.24, 2.45) is 0 Å². The van der Waals surface area contributed by atoms with Crippen LogP contribution in [0.1, 0.15) is 31.9 Å². The standard InChI is InChI=1S/C16H27NO3S/c1-6-13(17-10-16(2,18)11-21-5)12-7-8-14(19-3)15(9-12)20-4/h7-9,13,17-18H,6,10-11H2,1-5H3. The van der Waals surface area contributed by atoms with Crippen molar-refractivity contribution < 1.29 is 14.6 Å². The summed E-state index contributed by atoms with van der Waals surface area (Å²) in [6.45, 7) is 4.54. The van der Waals surface area contributed by atoms with Gasteiger partial charge in [0.1, 0.15) is 0 Å². The summed E-state index contributed by atoms with van der Waals surface area (Å²) < 4.78 is 10.6. The number of hydrogen-bond acceptors (Lipinski definition) is 5. The Morgan fingerprint density at radius 3 is 2.48 bits per heavy atom. The van der Waals surface area contributed by atoms with E-state index in [1.54, 1.807) is 26.0 Å². The number of methoxy groups -OCH3 is 2. The summed E-state index contributed by atoms with van der Waals surface area (Å²) in [5.74, 6) is 2.17. The van der Waals surface area contributed by atoms with Crippen LogP contribution in [0.5, 0.6) is 11.5 Å². The van der Waals surface area contributed by atoms with Crippen LogP contribution >= 0.6 is 11.8 Å². The maximum Gasteiger partial charge on any atom is 0.161 e. The van der Waals surface area contributed by atoms with Gasteiger partial charge >= 0.3 is 0 Å². The molecule has 0 aromatic heterocycles. The molecule has 2 N–H and O–H groups in total. The van der Waals surface area contributed by atoms with E-state index in [0.29, 0.717) is 12.3 Å². The monoisotopic (exact) mass is 313 g/mol. The first-order chi connectivity index (χ1) is 9.97. The predicted octanol–water partition coefficient (Wildman–Crippen LogP) is 2.86. The molecule has 0 fully saturated rings. The summed E-state index contributed by atoms with van der Waals surface area (Å²) in [6, 6.07) is 6.12. The molecule has 1 rings (SSSR count). The average molecular weight is 313 g/mol. The zero-order chi connectivity index (χ0) is 15.9. The van der Waals surface area contributed by atoms with E-state index in [0.717, 1.165) is 23.5 Å². The molecule has 2 unspecified atom stereocenters. The fraction of sp³-hybridized carbons (Fsp3) is 0.625.